The van der Waals surface area contributed by atoms with Gasteiger partial charge in [0.05, 0.1) is 25.3 Å². The number of carbonyl (C=O) groups excluding carboxylic acids is 1. The van der Waals surface area contributed by atoms with Gasteiger partial charge in [0, 0.05) is 36.3 Å². The van der Waals surface area contributed by atoms with Crippen LogP contribution < -0.4 is 25.4 Å². The zero-order valence-electron chi connectivity index (χ0n) is 18.9. The smallest absolute Gasteiger partial charge is 0.351 e. The molecule has 1 saturated heterocycles. The van der Waals surface area contributed by atoms with Gasteiger partial charge in [-0.15, -0.1) is 5.10 Å². The summed E-state index contributed by atoms with van der Waals surface area (Å²) in [6.07, 6.45) is 0. The number of ether oxygens (including phenoxy) is 2. The number of thioether (sulfide) groups is 1. The highest BCUT2D eigenvalue weighted by Gasteiger charge is 2.22. The van der Waals surface area contributed by atoms with Crippen molar-refractivity contribution in [1.29, 1.82) is 0 Å². The summed E-state index contributed by atoms with van der Waals surface area (Å²) in [6, 6.07) is 12.5. The molecule has 176 valence electrons. The number of rotatable bonds is 6. The van der Waals surface area contributed by atoms with Crippen LogP contribution in [0, 0.1) is 0 Å². The fraction of sp³-hybridized carbons (Fsp3) is 0.304. The zero-order valence-corrected chi connectivity index (χ0v) is 19.7. The van der Waals surface area contributed by atoms with Gasteiger partial charge >= 0.3 is 5.69 Å². The van der Waals surface area contributed by atoms with E-state index >= 15 is 0 Å². The number of hydrogen-bond donors (Lipinski definition) is 1. The highest BCUT2D eigenvalue weighted by molar-refractivity contribution is 7.99. The van der Waals surface area contributed by atoms with E-state index in [1.807, 2.05) is 36.0 Å². The van der Waals surface area contributed by atoms with Gasteiger partial charge in [-0.05, 0) is 24.3 Å². The average Bonchev–Trinajstić information content (AvgIpc) is 3.19. The molecule has 1 fully saturated rings. The molecule has 1 N–H and O–H groups in total. The molecule has 11 heteroatoms. The summed E-state index contributed by atoms with van der Waals surface area (Å²) in [4.78, 5) is 33.1. The van der Waals surface area contributed by atoms with Crippen molar-refractivity contribution in [2.24, 2.45) is 0 Å². The van der Waals surface area contributed by atoms with Crippen molar-refractivity contribution in [3.8, 4) is 11.5 Å². The van der Waals surface area contributed by atoms with Crippen molar-refractivity contribution >= 4 is 45.9 Å². The number of methoxy groups -OCH3 is 2. The molecule has 2 aromatic carbocycles. The minimum absolute atomic E-state index is 0.238. The van der Waals surface area contributed by atoms with Crippen LogP contribution in [0.25, 0.3) is 16.7 Å². The second kappa shape index (κ2) is 9.26. The van der Waals surface area contributed by atoms with E-state index in [-0.39, 0.29) is 18.1 Å². The Labute approximate surface area is 199 Å². The number of nitrogens with one attached hydrogen (secondary N) is 1. The van der Waals surface area contributed by atoms with Gasteiger partial charge in [0.2, 0.25) is 11.6 Å². The number of benzene rings is 2. The molecule has 0 spiro atoms. The summed E-state index contributed by atoms with van der Waals surface area (Å²) < 4.78 is 13.2. The lowest BCUT2D eigenvalue weighted by molar-refractivity contribution is -0.117. The molecule has 0 bridgehead atoms. The van der Waals surface area contributed by atoms with E-state index in [9.17, 15) is 9.59 Å². The molecule has 0 aliphatic carbocycles. The number of anilines is 2. The third-order valence-corrected chi connectivity index (χ3v) is 6.60. The van der Waals surface area contributed by atoms with Gasteiger partial charge in [-0.25, -0.2) is 18.9 Å². The Morgan fingerprint density at radius 3 is 2.62 bits per heavy atom. The molecular weight excluding hydrogens is 456 g/mol. The van der Waals surface area contributed by atoms with Crippen molar-refractivity contribution in [3.05, 3.63) is 52.9 Å². The van der Waals surface area contributed by atoms with Crippen molar-refractivity contribution in [2.45, 2.75) is 6.54 Å². The van der Waals surface area contributed by atoms with E-state index in [0.717, 1.165) is 24.6 Å². The van der Waals surface area contributed by atoms with Gasteiger partial charge in [-0.1, -0.05) is 12.1 Å². The van der Waals surface area contributed by atoms with E-state index in [1.54, 1.807) is 29.7 Å². The number of carbonyl (C=O) groups is 1. The molecule has 34 heavy (non-hydrogen) atoms. The molecule has 5 rings (SSSR count). The van der Waals surface area contributed by atoms with Crippen LogP contribution in [0.5, 0.6) is 11.5 Å². The summed E-state index contributed by atoms with van der Waals surface area (Å²) >= 11 is 1.89. The fourth-order valence-corrected chi connectivity index (χ4v) is 4.93. The summed E-state index contributed by atoms with van der Waals surface area (Å²) in [5, 5.41) is 7.32. The molecule has 1 aliphatic heterocycles. The largest absolute Gasteiger partial charge is 0.493 e. The zero-order chi connectivity index (χ0) is 23.7. The van der Waals surface area contributed by atoms with Crippen LogP contribution in [0.3, 0.4) is 0 Å². The van der Waals surface area contributed by atoms with Crippen LogP contribution in [0.4, 0.5) is 11.5 Å². The predicted octanol–water partition coefficient (Wildman–Crippen LogP) is 2.25. The van der Waals surface area contributed by atoms with E-state index in [2.05, 4.69) is 15.3 Å². The van der Waals surface area contributed by atoms with Gasteiger partial charge in [0.1, 0.15) is 6.54 Å². The SMILES string of the molecule is COc1ccc(NC(=O)Cn2nc3c(N4CCSCC4)nc4ccccc4n3c2=O)cc1OC. The molecule has 0 saturated carbocycles. The van der Waals surface area contributed by atoms with Crippen molar-refractivity contribution < 1.29 is 14.3 Å². The van der Waals surface area contributed by atoms with Crippen LogP contribution in [-0.4, -0.2) is 63.9 Å². The molecule has 0 radical (unpaired) electrons. The van der Waals surface area contributed by atoms with Gasteiger partial charge in [0.25, 0.3) is 0 Å². The standard InChI is InChI=1S/C23H24N6O4S/c1-32-18-8-7-15(13-19(18)33-2)24-20(30)14-28-23(31)29-17-6-4-3-5-16(17)25-21(22(29)26-28)27-9-11-34-12-10-27/h3-8,13H,9-12,14H2,1-2H3,(H,24,30). The summed E-state index contributed by atoms with van der Waals surface area (Å²) in [5.41, 5.74) is 1.96. The van der Waals surface area contributed by atoms with Crippen LogP contribution in [0.15, 0.2) is 47.3 Å². The first-order chi connectivity index (χ1) is 16.6. The third-order valence-electron chi connectivity index (χ3n) is 5.66. The lowest BCUT2D eigenvalue weighted by atomic mass is 10.2. The number of nitrogens with zero attached hydrogens (tertiary/aromatic N) is 5. The fourth-order valence-electron chi connectivity index (χ4n) is 4.02. The Morgan fingerprint density at radius 2 is 1.85 bits per heavy atom. The maximum Gasteiger partial charge on any atom is 0.351 e. The molecular formula is C23H24N6O4S. The number of aromatic nitrogens is 4. The molecule has 1 aliphatic rings. The maximum atomic E-state index is 13.3. The summed E-state index contributed by atoms with van der Waals surface area (Å²) in [5.74, 6) is 3.30. The van der Waals surface area contributed by atoms with Crippen LogP contribution >= 0.6 is 11.8 Å². The molecule has 0 atom stereocenters. The number of hydrogen-bond acceptors (Lipinski definition) is 8. The van der Waals surface area contributed by atoms with Crippen LogP contribution in [0.1, 0.15) is 0 Å². The first-order valence-electron chi connectivity index (χ1n) is 10.8. The van der Waals surface area contributed by atoms with Gasteiger partial charge < -0.3 is 19.7 Å². The Kier molecular flexibility index (Phi) is 6.01. The topological polar surface area (TPSA) is 103 Å². The second-order valence-corrected chi connectivity index (χ2v) is 8.97. The normalized spacial score (nSPS) is 13.9. The monoisotopic (exact) mass is 480 g/mol. The van der Waals surface area contributed by atoms with E-state index in [4.69, 9.17) is 14.5 Å². The quantitative estimate of drug-likeness (QED) is 0.448. The van der Waals surface area contributed by atoms with Gasteiger partial charge in [0.15, 0.2) is 17.3 Å². The van der Waals surface area contributed by atoms with Gasteiger partial charge in [-0.2, -0.15) is 11.8 Å². The number of amides is 1. The minimum atomic E-state index is -0.385. The molecule has 10 nitrogen and oxygen atoms in total. The molecule has 2 aromatic heterocycles. The molecule has 0 unspecified atom stereocenters. The molecule has 3 heterocycles. The summed E-state index contributed by atoms with van der Waals surface area (Å²) in [7, 11) is 3.07. The highest BCUT2D eigenvalue weighted by Crippen LogP contribution is 2.30. The average molecular weight is 481 g/mol. The first-order valence-corrected chi connectivity index (χ1v) is 12.0. The van der Waals surface area contributed by atoms with Crippen LogP contribution in [-0.2, 0) is 11.3 Å². The Hall–Kier alpha value is -3.73. The molecule has 4 aromatic rings. The van der Waals surface area contributed by atoms with Crippen molar-refractivity contribution in [3.63, 3.8) is 0 Å². The highest BCUT2D eigenvalue weighted by atomic mass is 32.2. The van der Waals surface area contributed by atoms with Crippen molar-refractivity contribution in [1.82, 2.24) is 19.2 Å². The Morgan fingerprint density at radius 1 is 1.09 bits per heavy atom. The minimum Gasteiger partial charge on any atom is -0.493 e. The Bertz CT molecular complexity index is 1430. The third kappa shape index (κ3) is 4.03. The lowest BCUT2D eigenvalue weighted by Crippen LogP contribution is -2.33. The van der Waals surface area contributed by atoms with Gasteiger partial charge in [-0.3, -0.25) is 4.79 Å². The number of para-hydroxylation sites is 2. The Balaban J connectivity index is 1.50. The maximum absolute atomic E-state index is 13.3. The van der Waals surface area contributed by atoms with Crippen molar-refractivity contribution in [2.75, 3.05) is 49.0 Å². The van der Waals surface area contributed by atoms with E-state index in [0.29, 0.717) is 39.7 Å². The van der Waals surface area contributed by atoms with E-state index in [1.165, 1.54) is 11.8 Å². The van der Waals surface area contributed by atoms with E-state index < -0.39 is 0 Å². The lowest BCUT2D eigenvalue weighted by Gasteiger charge is -2.27. The first kappa shape index (κ1) is 22.1. The number of fused-ring (bicyclic) bond motifs is 3. The summed E-state index contributed by atoms with van der Waals surface area (Å²) in [6.45, 7) is 1.41. The second-order valence-electron chi connectivity index (χ2n) is 7.74. The predicted molar refractivity (Wildman–Crippen MR) is 132 cm³/mol. The van der Waals surface area contributed by atoms with Crippen LogP contribution in [0.2, 0.25) is 0 Å². The molecule has 1 amide bonds.